The average Bonchev–Trinajstić information content (AvgIpc) is 3.30. The van der Waals surface area contributed by atoms with Crippen LogP contribution in [0.4, 0.5) is 0 Å². The lowest BCUT2D eigenvalue weighted by Crippen LogP contribution is -2.57. The van der Waals surface area contributed by atoms with Crippen molar-refractivity contribution in [2.75, 3.05) is 6.54 Å². The maximum Gasteiger partial charge on any atom is 0.240 e. The van der Waals surface area contributed by atoms with Crippen molar-refractivity contribution < 1.29 is 14.4 Å². The second-order valence-corrected chi connectivity index (χ2v) is 10.8. The summed E-state index contributed by atoms with van der Waals surface area (Å²) in [4.78, 5) is 39.7. The highest BCUT2D eigenvalue weighted by atomic mass is 16.2. The third kappa shape index (κ3) is 2.28. The summed E-state index contributed by atoms with van der Waals surface area (Å²) < 4.78 is 0. The van der Waals surface area contributed by atoms with Crippen LogP contribution < -0.4 is 5.32 Å². The summed E-state index contributed by atoms with van der Waals surface area (Å²) >= 11 is 0. The van der Waals surface area contributed by atoms with Crippen molar-refractivity contribution in [1.29, 1.82) is 0 Å². The number of carbonyl (C=O) groups is 3. The molecule has 0 spiro atoms. The number of nitrogens with one attached hydrogen (secondary N) is 1. The van der Waals surface area contributed by atoms with Gasteiger partial charge in [-0.15, -0.1) is 0 Å². The average molecular weight is 383 g/mol. The second kappa shape index (κ2) is 5.70. The Morgan fingerprint density at radius 3 is 2.00 bits per heavy atom. The van der Waals surface area contributed by atoms with Crippen molar-refractivity contribution in [2.45, 2.75) is 57.9 Å². The van der Waals surface area contributed by atoms with Crippen molar-refractivity contribution in [2.24, 2.45) is 46.8 Å². The van der Waals surface area contributed by atoms with Gasteiger partial charge < -0.3 is 5.32 Å². The summed E-state index contributed by atoms with van der Waals surface area (Å²) in [5, 5.41) is 3.21. The van der Waals surface area contributed by atoms with Crippen LogP contribution in [0.5, 0.6) is 0 Å². The van der Waals surface area contributed by atoms with Gasteiger partial charge in [0.05, 0.1) is 11.8 Å². The summed E-state index contributed by atoms with van der Waals surface area (Å²) in [6.07, 6.45) is 13.0. The molecule has 28 heavy (non-hydrogen) atoms. The molecule has 0 aromatic rings. The number of likely N-dealkylation sites (tertiary alicyclic amines) is 1. The minimum atomic E-state index is -0.212. The molecular weight excluding hydrogens is 352 g/mol. The third-order valence-electron chi connectivity index (χ3n) is 9.25. The minimum Gasteiger partial charge on any atom is -0.352 e. The molecule has 5 nitrogen and oxygen atoms in total. The first-order valence-electron chi connectivity index (χ1n) is 11.3. The zero-order valence-electron chi connectivity index (χ0n) is 16.6. The molecule has 0 aromatic carbocycles. The molecule has 0 aromatic heterocycles. The van der Waals surface area contributed by atoms with Crippen molar-refractivity contribution in [3.05, 3.63) is 12.2 Å². The number of hydrogen-bond acceptors (Lipinski definition) is 3. The Hall–Kier alpha value is -1.65. The zero-order chi connectivity index (χ0) is 19.2. The fourth-order valence-corrected chi connectivity index (χ4v) is 8.41. The standard InChI is InChI=1S/C23H30N2O3/c1-12(23-8-13-4-14(9-23)6-15(5-13)10-23)24-18(26)11-25-21(27)19-16-2-3-17(7-16)20(19)22(25)28/h2-3,12-17,19-20H,4-11H2,1H3,(H,24,26)/t12-,13?,14?,15?,16-,17-,19+,20+,23?/m0/s1. The van der Waals surface area contributed by atoms with Crippen LogP contribution in [0.1, 0.15) is 51.9 Å². The van der Waals surface area contributed by atoms with Gasteiger partial charge in [0.15, 0.2) is 0 Å². The molecule has 5 saturated carbocycles. The summed E-state index contributed by atoms with van der Waals surface area (Å²) in [6.45, 7) is 2.05. The van der Waals surface area contributed by atoms with Crippen molar-refractivity contribution in [1.82, 2.24) is 10.2 Å². The molecule has 0 unspecified atom stereocenters. The number of fused-ring (bicyclic) bond motifs is 5. The van der Waals surface area contributed by atoms with Crippen LogP contribution in [0.15, 0.2) is 12.2 Å². The smallest absolute Gasteiger partial charge is 0.240 e. The van der Waals surface area contributed by atoms with Crippen molar-refractivity contribution in [3.63, 3.8) is 0 Å². The van der Waals surface area contributed by atoms with Crippen LogP contribution in [0.3, 0.4) is 0 Å². The maximum atomic E-state index is 12.8. The Labute approximate surface area is 166 Å². The molecule has 3 amide bonds. The lowest BCUT2D eigenvalue weighted by atomic mass is 9.48. The highest BCUT2D eigenvalue weighted by Crippen LogP contribution is 2.61. The Morgan fingerprint density at radius 1 is 1.00 bits per heavy atom. The first kappa shape index (κ1) is 17.2. The Balaban J connectivity index is 1.13. The van der Waals surface area contributed by atoms with Gasteiger partial charge in [-0.05, 0) is 86.9 Å². The van der Waals surface area contributed by atoms with E-state index in [-0.39, 0.29) is 59.4 Å². The third-order valence-corrected chi connectivity index (χ3v) is 9.25. The Kier molecular flexibility index (Phi) is 3.51. The number of carbonyl (C=O) groups excluding carboxylic acids is 3. The largest absolute Gasteiger partial charge is 0.352 e. The molecule has 1 N–H and O–H groups in total. The van der Waals surface area contributed by atoms with Crippen LogP contribution >= 0.6 is 0 Å². The Bertz CT molecular complexity index is 721. The molecule has 5 heteroatoms. The Morgan fingerprint density at radius 2 is 1.50 bits per heavy atom. The van der Waals surface area contributed by atoms with E-state index in [0.717, 1.165) is 24.2 Å². The van der Waals surface area contributed by atoms with Crippen LogP contribution in [-0.2, 0) is 14.4 Å². The van der Waals surface area contributed by atoms with E-state index in [1.54, 1.807) is 0 Å². The van der Waals surface area contributed by atoms with E-state index in [1.165, 1.54) is 43.4 Å². The molecule has 6 fully saturated rings. The highest BCUT2D eigenvalue weighted by molar-refractivity contribution is 6.08. The molecule has 1 heterocycles. The van der Waals surface area contributed by atoms with E-state index in [1.807, 2.05) is 0 Å². The summed E-state index contributed by atoms with van der Waals surface area (Å²) in [5.41, 5.74) is 0.239. The van der Waals surface area contributed by atoms with Gasteiger partial charge in [0.1, 0.15) is 6.54 Å². The second-order valence-electron chi connectivity index (χ2n) is 10.8. The van der Waals surface area contributed by atoms with Gasteiger partial charge in [-0.3, -0.25) is 19.3 Å². The number of rotatable bonds is 4. The first-order valence-corrected chi connectivity index (χ1v) is 11.3. The number of hydrogen-bond donors (Lipinski definition) is 1. The topological polar surface area (TPSA) is 66.5 Å². The monoisotopic (exact) mass is 382 g/mol. The molecule has 0 radical (unpaired) electrons. The molecule has 7 aliphatic rings. The number of allylic oxidation sites excluding steroid dienone is 2. The molecule has 1 aliphatic heterocycles. The van der Waals surface area contributed by atoms with Gasteiger partial charge in [-0.2, -0.15) is 0 Å². The van der Waals surface area contributed by atoms with Gasteiger partial charge in [-0.1, -0.05) is 12.2 Å². The lowest BCUT2D eigenvalue weighted by molar-refractivity contribution is -0.145. The molecule has 1 saturated heterocycles. The van der Waals surface area contributed by atoms with E-state index in [2.05, 4.69) is 24.4 Å². The van der Waals surface area contributed by atoms with Crippen molar-refractivity contribution >= 4 is 17.7 Å². The summed E-state index contributed by atoms with van der Waals surface area (Å²) in [6, 6.07) is 0.124. The highest BCUT2D eigenvalue weighted by Gasteiger charge is 2.59. The number of imide groups is 1. The summed E-state index contributed by atoms with van der Waals surface area (Å²) in [7, 11) is 0. The molecule has 6 aliphatic carbocycles. The predicted molar refractivity (Wildman–Crippen MR) is 103 cm³/mol. The zero-order valence-corrected chi connectivity index (χ0v) is 16.6. The first-order chi connectivity index (χ1) is 13.4. The maximum absolute atomic E-state index is 12.8. The minimum absolute atomic E-state index is 0.0964. The quantitative estimate of drug-likeness (QED) is 0.600. The number of amides is 3. The molecule has 150 valence electrons. The lowest BCUT2D eigenvalue weighted by Gasteiger charge is -2.59. The SMILES string of the molecule is C[C@H](NC(=O)CN1C(=O)[C@H]2[C@H](C1=O)[C@H]1C=C[C@H]2C1)C12CC3CC(CC(C3)C1)C2. The van der Waals surface area contributed by atoms with Crippen LogP contribution in [-0.4, -0.2) is 35.2 Å². The van der Waals surface area contributed by atoms with Crippen molar-refractivity contribution in [3.8, 4) is 0 Å². The normalized spacial score (nSPS) is 48.5. The fraction of sp³-hybridized carbons (Fsp3) is 0.783. The van der Waals surface area contributed by atoms with E-state index in [0.29, 0.717) is 0 Å². The summed E-state index contributed by atoms with van der Waals surface area (Å²) in [5.74, 6) is 2.10. The number of nitrogens with zero attached hydrogens (tertiary/aromatic N) is 1. The molecule has 7 rings (SSSR count). The van der Waals surface area contributed by atoms with E-state index in [9.17, 15) is 14.4 Å². The molecule has 5 atom stereocenters. The van der Waals surface area contributed by atoms with E-state index >= 15 is 0 Å². The van der Waals surface area contributed by atoms with Crippen LogP contribution in [0, 0.1) is 46.8 Å². The van der Waals surface area contributed by atoms with Gasteiger partial charge >= 0.3 is 0 Å². The van der Waals surface area contributed by atoms with Crippen LogP contribution in [0.2, 0.25) is 0 Å². The molecule has 6 bridgehead atoms. The van der Waals surface area contributed by atoms with Gasteiger partial charge in [0.25, 0.3) is 0 Å². The predicted octanol–water partition coefficient (Wildman–Crippen LogP) is 2.51. The van der Waals surface area contributed by atoms with Gasteiger partial charge in [-0.25, -0.2) is 0 Å². The van der Waals surface area contributed by atoms with E-state index < -0.39 is 0 Å². The fourth-order valence-electron chi connectivity index (χ4n) is 8.41. The molecular formula is C23H30N2O3. The van der Waals surface area contributed by atoms with Crippen LogP contribution in [0.25, 0.3) is 0 Å². The van der Waals surface area contributed by atoms with E-state index in [4.69, 9.17) is 0 Å². The van der Waals surface area contributed by atoms with Gasteiger partial charge in [0.2, 0.25) is 17.7 Å². The van der Waals surface area contributed by atoms with Gasteiger partial charge in [0, 0.05) is 6.04 Å².